The average molecular weight is 228 g/mol. The van der Waals surface area contributed by atoms with Gasteiger partial charge in [-0.05, 0) is 24.3 Å². The summed E-state index contributed by atoms with van der Waals surface area (Å²) in [6.45, 7) is 3.74. The minimum absolute atomic E-state index is 0.220. The van der Waals surface area contributed by atoms with Crippen LogP contribution in [0.1, 0.15) is 5.69 Å². The predicted octanol–water partition coefficient (Wildman–Crippen LogP) is 1.07. The maximum Gasteiger partial charge on any atom is 0.243 e. The van der Waals surface area contributed by atoms with Gasteiger partial charge < -0.3 is 5.32 Å². The highest BCUT2D eigenvalue weighted by atomic mass is 16.1. The van der Waals surface area contributed by atoms with Gasteiger partial charge in [-0.25, -0.2) is 4.68 Å². The van der Waals surface area contributed by atoms with E-state index in [2.05, 4.69) is 22.0 Å². The van der Waals surface area contributed by atoms with E-state index in [9.17, 15) is 4.79 Å². The lowest BCUT2D eigenvalue weighted by Gasteiger charge is -2.08. The molecule has 17 heavy (non-hydrogen) atoms. The number of carbonyl (C=O) groups excluding carboxylic acids is 1. The van der Waals surface area contributed by atoms with Gasteiger partial charge in [0, 0.05) is 18.6 Å². The minimum atomic E-state index is -0.220. The predicted molar refractivity (Wildman–Crippen MR) is 63.4 cm³/mol. The first-order chi connectivity index (χ1) is 8.31. The van der Waals surface area contributed by atoms with E-state index < -0.39 is 0 Å². The fourth-order valence-corrected chi connectivity index (χ4v) is 1.43. The molecular weight excluding hydrogens is 216 g/mol. The van der Waals surface area contributed by atoms with Crippen LogP contribution in [-0.2, 0) is 11.3 Å². The van der Waals surface area contributed by atoms with E-state index in [1.165, 1.54) is 6.08 Å². The minimum Gasteiger partial charge on any atom is -0.347 e. The Labute approximate surface area is 98.8 Å². The van der Waals surface area contributed by atoms with Crippen LogP contribution < -0.4 is 5.32 Å². The van der Waals surface area contributed by atoms with Gasteiger partial charge in [-0.3, -0.25) is 9.78 Å². The zero-order valence-corrected chi connectivity index (χ0v) is 9.21. The lowest BCUT2D eigenvalue weighted by Crippen LogP contribution is -2.21. The SMILES string of the molecule is C=CC(=O)NCc1ncccc1-n1cccn1. The third-order valence-corrected chi connectivity index (χ3v) is 2.23. The van der Waals surface area contributed by atoms with E-state index >= 15 is 0 Å². The largest absolute Gasteiger partial charge is 0.347 e. The van der Waals surface area contributed by atoms with E-state index in [1.54, 1.807) is 17.1 Å². The number of rotatable bonds is 4. The van der Waals surface area contributed by atoms with Crippen LogP contribution in [0, 0.1) is 0 Å². The van der Waals surface area contributed by atoms with Crippen molar-refractivity contribution in [3.8, 4) is 5.69 Å². The molecule has 5 nitrogen and oxygen atoms in total. The molecule has 0 unspecified atom stereocenters. The van der Waals surface area contributed by atoms with Crippen molar-refractivity contribution in [2.24, 2.45) is 0 Å². The van der Waals surface area contributed by atoms with Gasteiger partial charge in [0.25, 0.3) is 0 Å². The number of hydrogen-bond donors (Lipinski definition) is 1. The number of nitrogens with one attached hydrogen (secondary N) is 1. The van der Waals surface area contributed by atoms with Crippen LogP contribution in [0.2, 0.25) is 0 Å². The highest BCUT2D eigenvalue weighted by molar-refractivity contribution is 5.86. The smallest absolute Gasteiger partial charge is 0.243 e. The number of hydrogen-bond acceptors (Lipinski definition) is 3. The average Bonchev–Trinajstić information content (AvgIpc) is 2.90. The Bertz CT molecular complexity index is 519. The third-order valence-electron chi connectivity index (χ3n) is 2.23. The summed E-state index contributed by atoms with van der Waals surface area (Å²) in [6.07, 6.45) is 6.44. The quantitative estimate of drug-likeness (QED) is 0.796. The maximum atomic E-state index is 11.1. The molecule has 0 spiro atoms. The molecule has 0 saturated carbocycles. The monoisotopic (exact) mass is 228 g/mol. The summed E-state index contributed by atoms with van der Waals surface area (Å²) in [4.78, 5) is 15.3. The fraction of sp³-hybridized carbons (Fsp3) is 0.0833. The Hall–Kier alpha value is -2.43. The fourth-order valence-electron chi connectivity index (χ4n) is 1.43. The first-order valence-electron chi connectivity index (χ1n) is 5.15. The summed E-state index contributed by atoms with van der Waals surface area (Å²) in [5.74, 6) is -0.220. The molecule has 0 fully saturated rings. The molecule has 2 heterocycles. The first-order valence-corrected chi connectivity index (χ1v) is 5.15. The Kier molecular flexibility index (Phi) is 3.30. The molecule has 0 saturated heterocycles. The van der Waals surface area contributed by atoms with Gasteiger partial charge in [-0.15, -0.1) is 0 Å². The number of carbonyl (C=O) groups is 1. The summed E-state index contributed by atoms with van der Waals surface area (Å²) >= 11 is 0. The lowest BCUT2D eigenvalue weighted by molar-refractivity contribution is -0.116. The van der Waals surface area contributed by atoms with Crippen LogP contribution in [0.15, 0.2) is 49.4 Å². The van der Waals surface area contributed by atoms with Gasteiger partial charge in [0.15, 0.2) is 0 Å². The zero-order valence-electron chi connectivity index (χ0n) is 9.21. The zero-order chi connectivity index (χ0) is 12.1. The van der Waals surface area contributed by atoms with Crippen molar-refractivity contribution in [1.29, 1.82) is 0 Å². The van der Waals surface area contributed by atoms with Crippen molar-refractivity contribution < 1.29 is 4.79 Å². The van der Waals surface area contributed by atoms with Crippen molar-refractivity contribution in [1.82, 2.24) is 20.1 Å². The maximum absolute atomic E-state index is 11.1. The Morgan fingerprint density at radius 1 is 1.47 bits per heavy atom. The molecule has 2 aromatic heterocycles. The Balaban J connectivity index is 2.22. The molecular formula is C12H12N4O. The number of aromatic nitrogens is 3. The second-order valence-corrected chi connectivity index (χ2v) is 3.34. The number of nitrogens with zero attached hydrogens (tertiary/aromatic N) is 3. The molecule has 0 aliphatic heterocycles. The van der Waals surface area contributed by atoms with Crippen LogP contribution in [0.3, 0.4) is 0 Å². The van der Waals surface area contributed by atoms with Crippen LogP contribution >= 0.6 is 0 Å². The molecule has 0 aliphatic rings. The topological polar surface area (TPSA) is 59.8 Å². The molecule has 0 aliphatic carbocycles. The molecule has 5 heteroatoms. The second kappa shape index (κ2) is 5.07. The van der Waals surface area contributed by atoms with Gasteiger partial charge in [0.2, 0.25) is 5.91 Å². The van der Waals surface area contributed by atoms with Crippen LogP contribution in [-0.4, -0.2) is 20.7 Å². The van der Waals surface area contributed by atoms with Crippen molar-refractivity contribution >= 4 is 5.91 Å². The van der Waals surface area contributed by atoms with E-state index in [-0.39, 0.29) is 5.91 Å². The Morgan fingerprint density at radius 2 is 2.35 bits per heavy atom. The molecule has 0 aromatic carbocycles. The molecule has 0 radical (unpaired) electrons. The van der Waals surface area contributed by atoms with Crippen LogP contribution in [0.4, 0.5) is 0 Å². The number of pyridine rings is 1. The highest BCUT2D eigenvalue weighted by Gasteiger charge is 2.06. The second-order valence-electron chi connectivity index (χ2n) is 3.34. The molecule has 2 rings (SSSR count). The summed E-state index contributed by atoms with van der Waals surface area (Å²) in [6, 6.07) is 5.56. The van der Waals surface area contributed by atoms with E-state index in [0.717, 1.165) is 11.4 Å². The van der Waals surface area contributed by atoms with Crippen molar-refractivity contribution in [2.45, 2.75) is 6.54 Å². The molecule has 1 N–H and O–H groups in total. The van der Waals surface area contributed by atoms with Gasteiger partial charge in [-0.1, -0.05) is 6.58 Å². The van der Waals surface area contributed by atoms with Crippen molar-refractivity contribution in [2.75, 3.05) is 0 Å². The van der Waals surface area contributed by atoms with E-state index in [0.29, 0.717) is 6.54 Å². The summed E-state index contributed by atoms with van der Waals surface area (Å²) < 4.78 is 1.71. The van der Waals surface area contributed by atoms with Gasteiger partial charge >= 0.3 is 0 Å². The van der Waals surface area contributed by atoms with Gasteiger partial charge in [-0.2, -0.15) is 5.10 Å². The Morgan fingerprint density at radius 3 is 3.06 bits per heavy atom. The van der Waals surface area contributed by atoms with Crippen molar-refractivity contribution in [3.05, 3.63) is 55.1 Å². The van der Waals surface area contributed by atoms with Crippen molar-refractivity contribution in [3.63, 3.8) is 0 Å². The number of amides is 1. The highest BCUT2D eigenvalue weighted by Crippen LogP contribution is 2.10. The van der Waals surface area contributed by atoms with E-state index in [4.69, 9.17) is 0 Å². The molecule has 0 bridgehead atoms. The summed E-state index contributed by atoms with van der Waals surface area (Å²) in [5.41, 5.74) is 1.60. The molecule has 0 atom stereocenters. The molecule has 86 valence electrons. The third kappa shape index (κ3) is 2.57. The lowest BCUT2D eigenvalue weighted by atomic mass is 10.3. The summed E-state index contributed by atoms with van der Waals surface area (Å²) in [7, 11) is 0. The van der Waals surface area contributed by atoms with Gasteiger partial charge in [0.05, 0.1) is 17.9 Å². The molecule has 2 aromatic rings. The summed E-state index contributed by atoms with van der Waals surface area (Å²) in [5, 5.41) is 6.83. The standard InChI is InChI=1S/C12H12N4O/c1-2-12(17)14-9-10-11(5-3-6-13-10)16-8-4-7-15-16/h2-8H,1,9H2,(H,14,17). The van der Waals surface area contributed by atoms with E-state index in [1.807, 2.05) is 24.4 Å². The first kappa shape index (κ1) is 11.1. The van der Waals surface area contributed by atoms with Crippen LogP contribution in [0.25, 0.3) is 5.69 Å². The normalized spacial score (nSPS) is 9.88. The molecule has 1 amide bonds. The van der Waals surface area contributed by atoms with Crippen LogP contribution in [0.5, 0.6) is 0 Å². The van der Waals surface area contributed by atoms with Gasteiger partial charge in [0.1, 0.15) is 0 Å².